The molecule has 0 bridgehead atoms. The van der Waals surface area contributed by atoms with Gasteiger partial charge in [0.25, 0.3) is 10.0 Å². The molecular weight excluding hydrogens is 358 g/mol. The highest BCUT2D eigenvalue weighted by molar-refractivity contribution is 7.91. The monoisotopic (exact) mass is 369 g/mol. The number of nitrogens with one attached hydrogen (secondary N) is 1. The van der Waals surface area contributed by atoms with E-state index in [1.54, 1.807) is 11.6 Å². The standard InChI is InChI=1S/C10H12ClN3O4S3/c11-8-9(14-3-4-19-10(14)12-8)21(17,18)13-7-2-1-5-20(15,16)6-7/h3-4,7,13H,1-2,5-6H2. The second kappa shape index (κ2) is 5.20. The maximum absolute atomic E-state index is 12.5. The molecule has 21 heavy (non-hydrogen) atoms. The fraction of sp³-hybridized carbons (Fsp3) is 0.500. The molecule has 3 rings (SSSR count). The summed E-state index contributed by atoms with van der Waals surface area (Å²) in [6.45, 7) is 0. The van der Waals surface area contributed by atoms with E-state index in [9.17, 15) is 16.8 Å². The van der Waals surface area contributed by atoms with Crippen LogP contribution in [0.2, 0.25) is 5.15 Å². The Morgan fingerprint density at radius 1 is 1.48 bits per heavy atom. The normalized spacial score (nSPS) is 22.6. The molecule has 1 aliphatic heterocycles. The van der Waals surface area contributed by atoms with E-state index in [0.717, 1.165) is 0 Å². The number of sulfonamides is 1. The van der Waals surface area contributed by atoms with E-state index in [1.165, 1.54) is 15.7 Å². The fourth-order valence-corrected chi connectivity index (χ4v) is 6.83. The zero-order valence-corrected chi connectivity index (χ0v) is 13.9. The quantitative estimate of drug-likeness (QED) is 0.867. The molecule has 1 atom stereocenters. The third-order valence-electron chi connectivity index (χ3n) is 3.22. The van der Waals surface area contributed by atoms with E-state index < -0.39 is 25.9 Å². The van der Waals surface area contributed by atoms with Crippen LogP contribution in [-0.4, -0.2) is 43.8 Å². The van der Waals surface area contributed by atoms with Crippen molar-refractivity contribution in [3.63, 3.8) is 0 Å². The van der Waals surface area contributed by atoms with Crippen LogP contribution in [0.5, 0.6) is 0 Å². The van der Waals surface area contributed by atoms with Crippen molar-refractivity contribution in [1.29, 1.82) is 0 Å². The third-order valence-corrected chi connectivity index (χ3v) is 7.71. The molecule has 1 unspecified atom stereocenters. The second-order valence-electron chi connectivity index (χ2n) is 4.84. The lowest BCUT2D eigenvalue weighted by Crippen LogP contribution is -2.43. The average Bonchev–Trinajstić information content (AvgIpc) is 2.85. The molecule has 0 spiro atoms. The Balaban J connectivity index is 1.94. The van der Waals surface area contributed by atoms with Crippen LogP contribution in [0.25, 0.3) is 4.96 Å². The zero-order chi connectivity index (χ0) is 15.3. The maximum atomic E-state index is 12.5. The number of hydrogen-bond donors (Lipinski definition) is 1. The lowest BCUT2D eigenvalue weighted by atomic mass is 10.2. The van der Waals surface area contributed by atoms with Crippen molar-refractivity contribution < 1.29 is 16.8 Å². The predicted molar refractivity (Wildman–Crippen MR) is 80.1 cm³/mol. The summed E-state index contributed by atoms with van der Waals surface area (Å²) < 4.78 is 51.9. The first-order valence-corrected chi connectivity index (χ1v) is 10.7. The molecule has 0 radical (unpaired) electrons. The number of thiazole rings is 1. The minimum Gasteiger partial charge on any atom is -0.279 e. The van der Waals surface area contributed by atoms with Crippen LogP contribution >= 0.6 is 22.9 Å². The van der Waals surface area contributed by atoms with Crippen LogP contribution in [0, 0.1) is 0 Å². The number of fused-ring (bicyclic) bond motifs is 1. The Hall–Kier alpha value is -0.680. The molecule has 1 aliphatic rings. The van der Waals surface area contributed by atoms with E-state index in [-0.39, 0.29) is 21.7 Å². The molecule has 0 amide bonds. The Morgan fingerprint density at radius 2 is 2.24 bits per heavy atom. The Morgan fingerprint density at radius 3 is 2.95 bits per heavy atom. The summed E-state index contributed by atoms with van der Waals surface area (Å²) in [6, 6.07) is -0.631. The van der Waals surface area contributed by atoms with Gasteiger partial charge in [0.1, 0.15) is 0 Å². The first-order chi connectivity index (χ1) is 9.78. The van der Waals surface area contributed by atoms with Crippen molar-refractivity contribution in [2.75, 3.05) is 11.5 Å². The summed E-state index contributed by atoms with van der Waals surface area (Å²) in [6.07, 6.45) is 2.50. The summed E-state index contributed by atoms with van der Waals surface area (Å²) in [5, 5.41) is 1.43. The van der Waals surface area contributed by atoms with E-state index in [4.69, 9.17) is 11.6 Å². The van der Waals surface area contributed by atoms with Crippen molar-refractivity contribution >= 4 is 47.8 Å². The van der Waals surface area contributed by atoms with Crippen LogP contribution in [-0.2, 0) is 19.9 Å². The highest BCUT2D eigenvalue weighted by atomic mass is 35.5. The van der Waals surface area contributed by atoms with Crippen molar-refractivity contribution in [3.8, 4) is 0 Å². The van der Waals surface area contributed by atoms with Gasteiger partial charge >= 0.3 is 0 Å². The summed E-state index contributed by atoms with van der Waals surface area (Å²) in [4.78, 5) is 4.44. The molecule has 1 fully saturated rings. The van der Waals surface area contributed by atoms with Gasteiger partial charge in [-0.3, -0.25) is 4.40 Å². The second-order valence-corrected chi connectivity index (χ2v) is 9.93. The number of rotatable bonds is 3. The summed E-state index contributed by atoms with van der Waals surface area (Å²) in [5.74, 6) is -0.0805. The molecule has 0 aromatic carbocycles. The molecule has 7 nitrogen and oxygen atoms in total. The highest BCUT2D eigenvalue weighted by Gasteiger charge is 2.32. The summed E-state index contributed by atoms with van der Waals surface area (Å²) >= 11 is 7.17. The number of hydrogen-bond acceptors (Lipinski definition) is 6. The predicted octanol–water partition coefficient (Wildman–Crippen LogP) is 0.905. The number of imidazole rings is 1. The van der Waals surface area contributed by atoms with Crippen molar-refractivity contribution in [1.82, 2.24) is 14.1 Å². The van der Waals surface area contributed by atoms with Crippen LogP contribution < -0.4 is 4.72 Å². The van der Waals surface area contributed by atoms with Gasteiger partial charge in [0.15, 0.2) is 25.0 Å². The van der Waals surface area contributed by atoms with Gasteiger partial charge in [-0.05, 0) is 12.8 Å². The molecule has 2 aromatic rings. The van der Waals surface area contributed by atoms with Gasteiger partial charge in [0.05, 0.1) is 11.5 Å². The minimum absolute atomic E-state index is 0.105. The largest absolute Gasteiger partial charge is 0.279 e. The molecule has 116 valence electrons. The first kappa shape index (κ1) is 15.2. The van der Waals surface area contributed by atoms with Crippen molar-refractivity contribution in [2.24, 2.45) is 0 Å². The van der Waals surface area contributed by atoms with Crippen LogP contribution in [0.4, 0.5) is 0 Å². The van der Waals surface area contributed by atoms with Crippen LogP contribution in [0.3, 0.4) is 0 Å². The molecule has 1 N–H and O–H groups in total. The van der Waals surface area contributed by atoms with Gasteiger partial charge in [-0.2, -0.15) is 0 Å². The van der Waals surface area contributed by atoms with Crippen LogP contribution in [0.1, 0.15) is 12.8 Å². The molecule has 0 saturated carbocycles. The molecule has 0 aliphatic carbocycles. The minimum atomic E-state index is -3.93. The van der Waals surface area contributed by atoms with Gasteiger partial charge in [0.2, 0.25) is 0 Å². The molecule has 3 heterocycles. The lowest BCUT2D eigenvalue weighted by Gasteiger charge is -2.22. The van der Waals surface area contributed by atoms with Gasteiger partial charge in [0, 0.05) is 17.6 Å². The third kappa shape index (κ3) is 2.95. The fourth-order valence-electron chi connectivity index (χ4n) is 2.37. The van der Waals surface area contributed by atoms with Gasteiger partial charge < -0.3 is 0 Å². The maximum Gasteiger partial charge on any atom is 0.260 e. The SMILES string of the molecule is O=S1(=O)CCCC(NS(=O)(=O)c2c(Cl)nc3sccn23)C1. The number of nitrogens with zero attached hydrogens (tertiary/aromatic N) is 2. The summed E-state index contributed by atoms with van der Waals surface area (Å²) in [5.41, 5.74) is 0. The number of halogens is 1. The van der Waals surface area contributed by atoms with Crippen LogP contribution in [0.15, 0.2) is 16.6 Å². The highest BCUT2D eigenvalue weighted by Crippen LogP contribution is 2.26. The molecular formula is C10H12ClN3O4S3. The van der Waals surface area contributed by atoms with Gasteiger partial charge in [-0.1, -0.05) is 11.6 Å². The Kier molecular flexibility index (Phi) is 3.77. The van der Waals surface area contributed by atoms with E-state index in [2.05, 4.69) is 9.71 Å². The van der Waals surface area contributed by atoms with E-state index >= 15 is 0 Å². The lowest BCUT2D eigenvalue weighted by molar-refractivity contribution is 0.515. The number of aromatic nitrogens is 2. The smallest absolute Gasteiger partial charge is 0.260 e. The number of sulfone groups is 1. The molecule has 11 heteroatoms. The Labute approximate surface area is 130 Å². The van der Waals surface area contributed by atoms with Crippen molar-refractivity contribution in [2.45, 2.75) is 23.9 Å². The van der Waals surface area contributed by atoms with E-state index in [1.807, 2.05) is 0 Å². The first-order valence-electron chi connectivity index (χ1n) is 6.12. The van der Waals surface area contributed by atoms with Crippen molar-refractivity contribution in [3.05, 3.63) is 16.7 Å². The zero-order valence-electron chi connectivity index (χ0n) is 10.7. The Bertz CT molecular complexity index is 884. The average molecular weight is 370 g/mol. The molecule has 2 aromatic heterocycles. The van der Waals surface area contributed by atoms with Gasteiger partial charge in [-0.15, -0.1) is 11.3 Å². The molecule has 1 saturated heterocycles. The van der Waals surface area contributed by atoms with E-state index in [0.29, 0.717) is 17.8 Å². The summed E-state index contributed by atoms with van der Waals surface area (Å²) in [7, 11) is -7.13. The van der Waals surface area contributed by atoms with Gasteiger partial charge in [-0.25, -0.2) is 26.5 Å². The topological polar surface area (TPSA) is 97.6 Å².